The zero-order valence-electron chi connectivity index (χ0n) is 36.7. The van der Waals surface area contributed by atoms with Gasteiger partial charge in [-0.25, -0.2) is 15.0 Å². The van der Waals surface area contributed by atoms with Gasteiger partial charge in [0.2, 0.25) is 17.2 Å². The van der Waals surface area contributed by atoms with E-state index >= 15 is 0 Å². The smallest absolute Gasteiger partial charge is 0.202 e. The Morgan fingerprint density at radius 3 is 1.16 bits per heavy atom. The van der Waals surface area contributed by atoms with Crippen LogP contribution >= 0.6 is 0 Å². The van der Waals surface area contributed by atoms with Crippen LogP contribution in [0.15, 0.2) is 59.0 Å². The minimum atomic E-state index is -1.24. The van der Waals surface area contributed by atoms with Gasteiger partial charge in [-0.15, -0.1) is 0 Å². The number of fused-ring (bicyclic) bond motifs is 3. The van der Waals surface area contributed by atoms with Gasteiger partial charge >= 0.3 is 0 Å². The second kappa shape index (κ2) is 15.6. The Bertz CT molecular complexity index is 3650. The molecule has 0 radical (unpaired) electrons. The summed E-state index contributed by atoms with van der Waals surface area (Å²) in [6.45, 7) is 0. The van der Waals surface area contributed by atoms with Gasteiger partial charge in [0.1, 0.15) is 73.4 Å². The second-order valence-electron chi connectivity index (χ2n) is 16.4. The third-order valence-electron chi connectivity index (χ3n) is 12.5. The molecule has 9 aromatic rings. The molecule has 0 spiro atoms. The fourth-order valence-electron chi connectivity index (χ4n) is 8.67. The van der Waals surface area contributed by atoms with Crippen molar-refractivity contribution >= 4 is 88.5 Å². The standard InChI is InChI=1S/C45H34B5N3O16/c46-21-14(15-26(54)24(49)37(65)40(68)31(15)59)22(47)29(57)19(28(21)56)44-51-43(18-23(48)35(63)36(64)25(50)27(18)55)52-45(53-44)20-34(62)39(67)33(61)17-16-32(60)38(66)30(58)13(41(16)69-42(17)20)12-8-6-11(7-9-12)10-4-2-1-3-5-10/h1-9,54-68H,46-50H2. The van der Waals surface area contributed by atoms with E-state index in [2.05, 4.69) is 15.0 Å². The van der Waals surface area contributed by atoms with E-state index in [0.717, 1.165) is 11.1 Å². The highest BCUT2D eigenvalue weighted by Gasteiger charge is 2.35. The maximum absolute atomic E-state index is 12.0. The molecule has 0 fully saturated rings. The Hall–Kier alpha value is -9.33. The van der Waals surface area contributed by atoms with Crippen LogP contribution in [0, 0.1) is 0 Å². The predicted molar refractivity (Wildman–Crippen MR) is 266 cm³/mol. The SMILES string of the molecule is Bc1c(O)c(O)c(B)c(-c2nc(-c3c(O)c(B)c(-c4c(O)c(B)c(O)c(O)c4O)c(B)c3O)nc(-c3c(O)c(O)c(O)c4c3oc3c(-c5ccc(-c6ccccc6)cc5)c(O)c(O)c(O)c34)n2)c1O. The molecule has 0 amide bonds. The van der Waals surface area contributed by atoms with Crippen molar-refractivity contribution in [3.63, 3.8) is 0 Å². The van der Waals surface area contributed by atoms with Gasteiger partial charge in [-0.1, -0.05) is 54.6 Å². The van der Waals surface area contributed by atoms with Crippen molar-refractivity contribution in [2.75, 3.05) is 0 Å². The first kappa shape index (κ1) is 44.9. The van der Waals surface area contributed by atoms with Crippen LogP contribution in [0.1, 0.15) is 0 Å². The number of hydrogen-bond acceptors (Lipinski definition) is 19. The Morgan fingerprint density at radius 2 is 0.623 bits per heavy atom. The minimum absolute atomic E-state index is 0.180. The number of nitrogens with zero attached hydrogens (tertiary/aromatic N) is 3. The fraction of sp³-hybridized carbons (Fsp3) is 0. The Balaban J connectivity index is 1.38. The molecule has 9 rings (SSSR count). The van der Waals surface area contributed by atoms with Gasteiger partial charge in [0.25, 0.3) is 0 Å². The van der Waals surface area contributed by atoms with Gasteiger partial charge in [-0.05, 0) is 49.6 Å². The van der Waals surface area contributed by atoms with Crippen LogP contribution in [0.2, 0.25) is 0 Å². The van der Waals surface area contributed by atoms with E-state index < -0.39 is 142 Å². The zero-order chi connectivity index (χ0) is 50.0. The Morgan fingerprint density at radius 1 is 0.275 bits per heavy atom. The van der Waals surface area contributed by atoms with Crippen molar-refractivity contribution in [1.29, 1.82) is 0 Å². The average Bonchev–Trinajstić information content (AvgIpc) is 3.73. The van der Waals surface area contributed by atoms with Gasteiger partial charge in [0.15, 0.2) is 74.6 Å². The van der Waals surface area contributed by atoms with Crippen LogP contribution in [-0.2, 0) is 0 Å². The largest absolute Gasteiger partial charge is 0.508 e. The van der Waals surface area contributed by atoms with E-state index in [4.69, 9.17) is 4.42 Å². The number of aromatic hydroxyl groups is 15. The van der Waals surface area contributed by atoms with Crippen LogP contribution in [0.3, 0.4) is 0 Å². The normalized spacial score (nSPS) is 11.5. The van der Waals surface area contributed by atoms with Crippen LogP contribution in [0.25, 0.3) is 89.5 Å². The predicted octanol–water partition coefficient (Wildman–Crippen LogP) is -1.35. The number of rotatable bonds is 6. The molecule has 0 aliphatic carbocycles. The molecule has 340 valence electrons. The molecule has 7 aromatic carbocycles. The summed E-state index contributed by atoms with van der Waals surface area (Å²) in [5, 5.41) is 167. The number of phenolic OH excluding ortho intramolecular Hbond substituents is 15. The molecular weight excluding hydrogens is 893 g/mol. The maximum atomic E-state index is 12.0. The van der Waals surface area contributed by atoms with E-state index in [-0.39, 0.29) is 49.6 Å². The molecule has 0 atom stereocenters. The average molecular weight is 927 g/mol. The van der Waals surface area contributed by atoms with E-state index in [9.17, 15) is 76.6 Å². The van der Waals surface area contributed by atoms with Gasteiger partial charge < -0.3 is 81.0 Å². The summed E-state index contributed by atoms with van der Waals surface area (Å²) in [4.78, 5) is 13.3. The molecule has 0 aliphatic heterocycles. The fourth-order valence-corrected chi connectivity index (χ4v) is 8.67. The highest BCUT2D eigenvalue weighted by molar-refractivity contribution is 6.48. The van der Waals surface area contributed by atoms with E-state index in [0.29, 0.717) is 0 Å². The van der Waals surface area contributed by atoms with E-state index in [1.165, 1.54) is 39.2 Å². The third kappa shape index (κ3) is 6.32. The first-order valence-electron chi connectivity index (χ1n) is 20.6. The molecule has 19 nitrogen and oxygen atoms in total. The molecule has 2 aromatic heterocycles. The lowest BCUT2D eigenvalue weighted by atomic mass is 9.73. The van der Waals surface area contributed by atoms with Gasteiger partial charge in [0.05, 0.1) is 27.5 Å². The Labute approximate surface area is 391 Å². The first-order valence-corrected chi connectivity index (χ1v) is 20.6. The van der Waals surface area contributed by atoms with Crippen molar-refractivity contribution in [2.24, 2.45) is 0 Å². The molecule has 69 heavy (non-hydrogen) atoms. The lowest BCUT2D eigenvalue weighted by Gasteiger charge is -2.22. The first-order chi connectivity index (χ1) is 32.6. The number of aromatic nitrogens is 3. The summed E-state index contributed by atoms with van der Waals surface area (Å²) >= 11 is 0. The second-order valence-corrected chi connectivity index (χ2v) is 16.4. The third-order valence-corrected chi connectivity index (χ3v) is 12.5. The minimum Gasteiger partial charge on any atom is -0.508 e. The molecule has 2 heterocycles. The van der Waals surface area contributed by atoms with Crippen LogP contribution < -0.4 is 27.3 Å². The maximum Gasteiger partial charge on any atom is 0.202 e. The van der Waals surface area contributed by atoms with Crippen molar-refractivity contribution in [1.82, 2.24) is 15.0 Å². The number of phenols is 15. The van der Waals surface area contributed by atoms with Crippen LogP contribution in [0.5, 0.6) is 86.2 Å². The monoisotopic (exact) mass is 927 g/mol. The van der Waals surface area contributed by atoms with Crippen molar-refractivity contribution in [2.45, 2.75) is 0 Å². The summed E-state index contributed by atoms with van der Waals surface area (Å²) in [5.41, 5.74) is -2.82. The highest BCUT2D eigenvalue weighted by atomic mass is 16.4. The zero-order valence-corrected chi connectivity index (χ0v) is 36.7. The summed E-state index contributed by atoms with van der Waals surface area (Å²) in [6, 6.07) is 15.8. The molecule has 0 unspecified atom stereocenters. The summed E-state index contributed by atoms with van der Waals surface area (Å²) in [5.74, 6) is -15.7. The van der Waals surface area contributed by atoms with Crippen molar-refractivity contribution in [3.05, 3.63) is 54.6 Å². The summed E-state index contributed by atoms with van der Waals surface area (Å²) in [6.07, 6.45) is 0. The van der Waals surface area contributed by atoms with E-state index in [1.54, 1.807) is 24.3 Å². The molecule has 15 N–H and O–H groups in total. The van der Waals surface area contributed by atoms with Crippen molar-refractivity contribution in [3.8, 4) is 154 Å². The summed E-state index contributed by atoms with van der Waals surface area (Å²) in [7, 11) is 6.34. The lowest BCUT2D eigenvalue weighted by Crippen LogP contribution is -2.23. The molecule has 0 bridgehead atoms. The van der Waals surface area contributed by atoms with Gasteiger partial charge in [0, 0.05) is 0 Å². The number of furan rings is 1. The molecule has 24 heteroatoms. The molecular formula is C45H34B5N3O16. The quantitative estimate of drug-likeness (QED) is 0.0521. The Kier molecular flexibility index (Phi) is 10.2. The van der Waals surface area contributed by atoms with Crippen LogP contribution in [-0.4, -0.2) is 131 Å². The van der Waals surface area contributed by atoms with Gasteiger partial charge in [-0.2, -0.15) is 0 Å². The van der Waals surface area contributed by atoms with Crippen molar-refractivity contribution < 1.29 is 81.0 Å². The van der Waals surface area contributed by atoms with Crippen LogP contribution in [0.4, 0.5) is 0 Å². The molecule has 0 saturated heterocycles. The highest BCUT2D eigenvalue weighted by Crippen LogP contribution is 2.58. The molecule has 0 aliphatic rings. The molecule has 0 saturated carbocycles. The lowest BCUT2D eigenvalue weighted by molar-refractivity contribution is 0.365. The number of hydrogen-bond donors (Lipinski definition) is 15. The van der Waals surface area contributed by atoms with E-state index in [1.807, 2.05) is 30.3 Å². The topological polar surface area (TPSA) is 355 Å². The summed E-state index contributed by atoms with van der Waals surface area (Å²) < 4.78 is 6.30. The number of benzene rings is 7. The van der Waals surface area contributed by atoms with Gasteiger partial charge in [-0.3, -0.25) is 0 Å².